The van der Waals surface area contributed by atoms with E-state index in [0.717, 1.165) is 5.01 Å². The summed E-state index contributed by atoms with van der Waals surface area (Å²) in [5.74, 6) is 4.15. The van der Waals surface area contributed by atoms with Gasteiger partial charge in [0.2, 0.25) is 0 Å². The maximum Gasteiger partial charge on any atom is 0.253 e. The third-order valence-corrected chi connectivity index (χ3v) is 3.66. The first-order chi connectivity index (χ1) is 10.1. The Morgan fingerprint density at radius 1 is 1.57 bits per heavy atom. The molecule has 1 amide bonds. The Morgan fingerprint density at radius 2 is 2.38 bits per heavy atom. The van der Waals surface area contributed by atoms with Gasteiger partial charge in [-0.05, 0) is 25.1 Å². The van der Waals surface area contributed by atoms with Crippen molar-refractivity contribution < 1.29 is 14.3 Å². The van der Waals surface area contributed by atoms with Gasteiger partial charge in [0.05, 0.1) is 11.6 Å². The van der Waals surface area contributed by atoms with Gasteiger partial charge >= 0.3 is 0 Å². The molecule has 0 fully saturated rings. The number of aliphatic hydroxyl groups is 1. The van der Waals surface area contributed by atoms with Crippen LogP contribution in [0.2, 0.25) is 0 Å². The Bertz CT molecular complexity index is 689. The fourth-order valence-corrected chi connectivity index (χ4v) is 2.38. The summed E-state index contributed by atoms with van der Waals surface area (Å²) in [6.45, 7) is 1.46. The third-order valence-electron chi connectivity index (χ3n) is 2.70. The van der Waals surface area contributed by atoms with Crippen LogP contribution in [0.4, 0.5) is 4.39 Å². The highest BCUT2D eigenvalue weighted by atomic mass is 32.1. The van der Waals surface area contributed by atoms with Crippen LogP contribution in [0.5, 0.6) is 0 Å². The summed E-state index contributed by atoms with van der Waals surface area (Å²) in [4.78, 5) is 16.4. The topological polar surface area (TPSA) is 62.2 Å². The number of aliphatic hydroxyl groups excluding tert-OH is 1. The Balaban J connectivity index is 2.22. The molecule has 0 aliphatic rings. The lowest BCUT2D eigenvalue weighted by Crippen LogP contribution is -2.27. The quantitative estimate of drug-likeness (QED) is 0.854. The second kappa shape index (κ2) is 6.97. The molecule has 1 aromatic carbocycles. The summed E-state index contributed by atoms with van der Waals surface area (Å²) in [7, 11) is 0. The minimum absolute atomic E-state index is 0.243. The molecular formula is C15H13FN2O2S. The Kier molecular flexibility index (Phi) is 5.04. The SMILES string of the molecule is CC(NC(=O)c1ccc(F)cc1C#CCO)c1nccs1. The number of hydrogen-bond donors (Lipinski definition) is 2. The van der Waals surface area contributed by atoms with E-state index in [2.05, 4.69) is 22.1 Å². The van der Waals surface area contributed by atoms with E-state index in [1.165, 1.54) is 29.5 Å². The summed E-state index contributed by atoms with van der Waals surface area (Å²) in [5.41, 5.74) is 0.508. The Labute approximate surface area is 125 Å². The molecule has 21 heavy (non-hydrogen) atoms. The van der Waals surface area contributed by atoms with Crippen molar-refractivity contribution in [3.8, 4) is 11.8 Å². The average molecular weight is 304 g/mol. The summed E-state index contributed by atoms with van der Waals surface area (Å²) < 4.78 is 13.3. The highest BCUT2D eigenvalue weighted by Crippen LogP contribution is 2.17. The molecule has 0 aliphatic carbocycles. The molecule has 1 unspecified atom stereocenters. The summed E-state index contributed by atoms with van der Waals surface area (Å²) in [6, 6.07) is 3.50. The van der Waals surface area contributed by atoms with Gasteiger partial charge in [0.15, 0.2) is 0 Å². The number of nitrogens with zero attached hydrogens (tertiary/aromatic N) is 1. The first-order valence-corrected chi connectivity index (χ1v) is 7.09. The minimum Gasteiger partial charge on any atom is -0.384 e. The molecule has 2 aromatic rings. The number of amides is 1. The monoisotopic (exact) mass is 304 g/mol. The van der Waals surface area contributed by atoms with Gasteiger partial charge in [-0.15, -0.1) is 11.3 Å². The molecule has 1 aromatic heterocycles. The van der Waals surface area contributed by atoms with Crippen LogP contribution in [0.15, 0.2) is 29.8 Å². The van der Waals surface area contributed by atoms with Crippen molar-refractivity contribution in [2.75, 3.05) is 6.61 Å². The van der Waals surface area contributed by atoms with Crippen molar-refractivity contribution in [1.29, 1.82) is 0 Å². The lowest BCUT2D eigenvalue weighted by Gasteiger charge is -2.12. The first kappa shape index (κ1) is 15.2. The molecule has 2 rings (SSSR count). The van der Waals surface area contributed by atoms with Gasteiger partial charge in [0.25, 0.3) is 5.91 Å². The van der Waals surface area contributed by atoms with E-state index >= 15 is 0 Å². The van der Waals surface area contributed by atoms with Crippen molar-refractivity contribution in [1.82, 2.24) is 10.3 Å². The van der Waals surface area contributed by atoms with Crippen molar-refractivity contribution in [3.05, 3.63) is 51.7 Å². The van der Waals surface area contributed by atoms with E-state index in [1.54, 1.807) is 6.20 Å². The molecule has 0 spiro atoms. The molecule has 0 radical (unpaired) electrons. The zero-order valence-corrected chi connectivity index (χ0v) is 12.1. The standard InChI is InChI=1S/C15H13FN2O2S/c1-10(15-17-6-8-21-15)18-14(20)13-5-4-12(16)9-11(13)3-2-7-19/h4-6,8-10,19H,7H2,1H3,(H,18,20). The Morgan fingerprint density at radius 3 is 3.05 bits per heavy atom. The fraction of sp³-hybridized carbons (Fsp3) is 0.200. The molecule has 1 atom stereocenters. The van der Waals surface area contributed by atoms with Crippen LogP contribution >= 0.6 is 11.3 Å². The first-order valence-electron chi connectivity index (χ1n) is 6.21. The van der Waals surface area contributed by atoms with Crippen LogP contribution in [0, 0.1) is 17.7 Å². The summed E-state index contributed by atoms with van der Waals surface area (Å²) in [5, 5.41) is 14.1. The van der Waals surface area contributed by atoms with Gasteiger partial charge in [-0.25, -0.2) is 9.37 Å². The van der Waals surface area contributed by atoms with E-state index < -0.39 is 5.82 Å². The zero-order valence-electron chi connectivity index (χ0n) is 11.3. The maximum absolute atomic E-state index is 13.3. The smallest absolute Gasteiger partial charge is 0.253 e. The Hall–Kier alpha value is -2.23. The van der Waals surface area contributed by atoms with E-state index in [-0.39, 0.29) is 29.7 Å². The number of halogens is 1. The number of thiazole rings is 1. The van der Waals surface area contributed by atoms with Crippen molar-refractivity contribution in [2.45, 2.75) is 13.0 Å². The van der Waals surface area contributed by atoms with Crippen LogP contribution in [-0.2, 0) is 0 Å². The molecular weight excluding hydrogens is 291 g/mol. The van der Waals surface area contributed by atoms with E-state index in [4.69, 9.17) is 5.11 Å². The predicted molar refractivity (Wildman–Crippen MR) is 78.4 cm³/mol. The summed E-state index contributed by atoms with van der Waals surface area (Å²) in [6.07, 6.45) is 1.67. The van der Waals surface area contributed by atoms with Gasteiger partial charge in [-0.1, -0.05) is 11.8 Å². The van der Waals surface area contributed by atoms with Gasteiger partial charge in [-0.2, -0.15) is 0 Å². The lowest BCUT2D eigenvalue weighted by atomic mass is 10.1. The van der Waals surface area contributed by atoms with Crippen molar-refractivity contribution >= 4 is 17.2 Å². The number of aromatic nitrogens is 1. The predicted octanol–water partition coefficient (Wildman–Crippen LogP) is 2.12. The van der Waals surface area contributed by atoms with Gasteiger partial charge < -0.3 is 10.4 Å². The third kappa shape index (κ3) is 3.88. The normalized spacial score (nSPS) is 11.4. The number of carbonyl (C=O) groups is 1. The second-order valence-corrected chi connectivity index (χ2v) is 5.14. The highest BCUT2D eigenvalue weighted by Gasteiger charge is 2.16. The van der Waals surface area contributed by atoms with Crippen LogP contribution in [0.1, 0.15) is 33.9 Å². The number of hydrogen-bond acceptors (Lipinski definition) is 4. The molecule has 0 saturated heterocycles. The van der Waals surface area contributed by atoms with Crippen LogP contribution in [0.25, 0.3) is 0 Å². The van der Waals surface area contributed by atoms with Crippen molar-refractivity contribution in [2.24, 2.45) is 0 Å². The van der Waals surface area contributed by atoms with Crippen LogP contribution < -0.4 is 5.32 Å². The molecule has 4 nitrogen and oxygen atoms in total. The highest BCUT2D eigenvalue weighted by molar-refractivity contribution is 7.09. The zero-order chi connectivity index (χ0) is 15.2. The van der Waals surface area contributed by atoms with Crippen LogP contribution in [0.3, 0.4) is 0 Å². The minimum atomic E-state index is -0.484. The molecule has 108 valence electrons. The van der Waals surface area contributed by atoms with E-state index in [9.17, 15) is 9.18 Å². The molecule has 2 N–H and O–H groups in total. The van der Waals surface area contributed by atoms with Gasteiger partial charge in [-0.3, -0.25) is 4.79 Å². The molecule has 6 heteroatoms. The fourth-order valence-electron chi connectivity index (χ4n) is 1.74. The second-order valence-electron chi connectivity index (χ2n) is 4.22. The largest absolute Gasteiger partial charge is 0.384 e. The van der Waals surface area contributed by atoms with E-state index in [0.29, 0.717) is 0 Å². The average Bonchev–Trinajstić information content (AvgIpc) is 2.99. The summed E-state index contributed by atoms with van der Waals surface area (Å²) >= 11 is 1.44. The number of carbonyl (C=O) groups excluding carboxylic acids is 1. The number of rotatable bonds is 3. The maximum atomic E-state index is 13.3. The molecule has 0 bridgehead atoms. The van der Waals surface area contributed by atoms with Gasteiger partial charge in [0.1, 0.15) is 17.4 Å². The molecule has 0 saturated carbocycles. The van der Waals surface area contributed by atoms with E-state index in [1.807, 2.05) is 12.3 Å². The molecule has 1 heterocycles. The number of benzene rings is 1. The number of nitrogens with one attached hydrogen (secondary N) is 1. The van der Waals surface area contributed by atoms with Crippen LogP contribution in [-0.4, -0.2) is 22.6 Å². The van der Waals surface area contributed by atoms with Gasteiger partial charge in [0, 0.05) is 17.1 Å². The van der Waals surface area contributed by atoms with Crippen molar-refractivity contribution in [3.63, 3.8) is 0 Å². The molecule has 0 aliphatic heterocycles. The lowest BCUT2D eigenvalue weighted by molar-refractivity contribution is 0.0939.